The van der Waals surface area contributed by atoms with Crippen LogP contribution in [0.5, 0.6) is 0 Å². The van der Waals surface area contributed by atoms with Gasteiger partial charge in [0, 0.05) is 0 Å². The van der Waals surface area contributed by atoms with Crippen molar-refractivity contribution in [1.82, 2.24) is 5.32 Å². The van der Waals surface area contributed by atoms with Crippen molar-refractivity contribution in [2.45, 2.75) is 32.9 Å². The molecule has 0 aromatic carbocycles. The van der Waals surface area contributed by atoms with Gasteiger partial charge in [-0.3, -0.25) is 5.32 Å². The minimum atomic E-state index is -0.248. The maximum absolute atomic E-state index is 8.62. The molecule has 0 aromatic rings. The number of nitrogens with one attached hydrogen (secondary N) is 1. The number of nitrogens with zero attached hydrogens (tertiary/aromatic N) is 2. The monoisotopic (exact) mass is 151 g/mol. The summed E-state index contributed by atoms with van der Waals surface area (Å²) in [7, 11) is 0. The van der Waals surface area contributed by atoms with E-state index in [1.807, 2.05) is 19.9 Å². The van der Waals surface area contributed by atoms with E-state index in [0.717, 1.165) is 0 Å². The van der Waals surface area contributed by atoms with Crippen LogP contribution in [0.4, 0.5) is 0 Å². The van der Waals surface area contributed by atoms with Crippen LogP contribution in [0.1, 0.15) is 20.8 Å². The van der Waals surface area contributed by atoms with Crippen LogP contribution in [0.2, 0.25) is 0 Å². The van der Waals surface area contributed by atoms with Gasteiger partial charge in [-0.25, -0.2) is 0 Å². The zero-order valence-corrected chi connectivity index (χ0v) is 7.13. The molecule has 0 aromatic heterocycles. The van der Waals surface area contributed by atoms with E-state index in [1.54, 1.807) is 6.92 Å². The van der Waals surface area contributed by atoms with Crippen LogP contribution in [0.15, 0.2) is 0 Å². The molecule has 0 radical (unpaired) electrons. The fourth-order valence-corrected chi connectivity index (χ4v) is 0.685. The summed E-state index contributed by atoms with van der Waals surface area (Å²) < 4.78 is 0. The zero-order chi connectivity index (χ0) is 8.85. The molecule has 0 heterocycles. The van der Waals surface area contributed by atoms with Crippen LogP contribution in [0, 0.1) is 28.6 Å². The molecule has 0 bridgehead atoms. The van der Waals surface area contributed by atoms with Gasteiger partial charge in [0.15, 0.2) is 0 Å². The fourth-order valence-electron chi connectivity index (χ4n) is 0.685. The summed E-state index contributed by atoms with van der Waals surface area (Å²) in [4.78, 5) is 0. The molecule has 60 valence electrons. The second-order valence-electron chi connectivity index (χ2n) is 2.87. The third-order valence-electron chi connectivity index (χ3n) is 1.43. The molecule has 1 N–H and O–H groups in total. The number of nitriles is 2. The van der Waals surface area contributed by atoms with Gasteiger partial charge in [0.1, 0.15) is 0 Å². The van der Waals surface area contributed by atoms with Gasteiger partial charge in [-0.15, -0.1) is 0 Å². The number of hydrogen-bond acceptors (Lipinski definition) is 3. The predicted octanol–water partition coefficient (Wildman–Crippen LogP) is 1.04. The molecule has 0 spiro atoms. The largest absolute Gasteiger partial charge is 0.287 e. The van der Waals surface area contributed by atoms with Gasteiger partial charge < -0.3 is 0 Å². The van der Waals surface area contributed by atoms with E-state index in [1.165, 1.54) is 0 Å². The van der Waals surface area contributed by atoms with Crippen molar-refractivity contribution in [3.8, 4) is 12.1 Å². The van der Waals surface area contributed by atoms with Crippen LogP contribution in [0.25, 0.3) is 0 Å². The van der Waals surface area contributed by atoms with Gasteiger partial charge >= 0.3 is 0 Å². The van der Waals surface area contributed by atoms with E-state index in [9.17, 15) is 0 Å². The molecule has 3 heteroatoms. The molecule has 3 nitrogen and oxygen atoms in total. The SMILES string of the molecule is CC(C#N)NC(C#N)C(C)C. The molecular formula is C8H13N3. The molecule has 0 aliphatic heterocycles. The van der Waals surface area contributed by atoms with Crippen LogP contribution in [-0.2, 0) is 0 Å². The average molecular weight is 151 g/mol. The highest BCUT2D eigenvalue weighted by molar-refractivity contribution is 4.98. The van der Waals surface area contributed by atoms with E-state index >= 15 is 0 Å². The highest BCUT2D eigenvalue weighted by Gasteiger charge is 2.13. The maximum Gasteiger partial charge on any atom is 0.0985 e. The second-order valence-corrected chi connectivity index (χ2v) is 2.87. The normalized spacial score (nSPS) is 15.1. The Balaban J connectivity index is 3.93. The fraction of sp³-hybridized carbons (Fsp3) is 0.750. The molecule has 2 atom stereocenters. The van der Waals surface area contributed by atoms with Gasteiger partial charge in [-0.2, -0.15) is 10.5 Å². The first kappa shape index (κ1) is 9.94. The Morgan fingerprint density at radius 2 is 1.64 bits per heavy atom. The lowest BCUT2D eigenvalue weighted by molar-refractivity contribution is 0.456. The molecule has 0 fully saturated rings. The van der Waals surface area contributed by atoms with E-state index < -0.39 is 0 Å². The average Bonchev–Trinajstić information content (AvgIpc) is 1.99. The van der Waals surface area contributed by atoms with Crippen molar-refractivity contribution in [1.29, 1.82) is 10.5 Å². The molecule has 0 saturated heterocycles. The standard InChI is InChI=1S/C8H13N3/c1-6(2)8(5-10)11-7(3)4-9/h6-8,11H,1-3H3. The Kier molecular flexibility index (Phi) is 4.26. The maximum atomic E-state index is 8.62. The molecule has 0 aliphatic carbocycles. The highest BCUT2D eigenvalue weighted by Crippen LogP contribution is 2.00. The third-order valence-corrected chi connectivity index (χ3v) is 1.43. The van der Waals surface area contributed by atoms with Gasteiger partial charge in [0.2, 0.25) is 0 Å². The first-order chi connectivity index (χ1) is 5.11. The first-order valence-electron chi connectivity index (χ1n) is 3.67. The quantitative estimate of drug-likeness (QED) is 0.655. The van der Waals surface area contributed by atoms with Gasteiger partial charge in [-0.05, 0) is 12.8 Å². The summed E-state index contributed by atoms with van der Waals surface area (Å²) in [5.74, 6) is 0.246. The van der Waals surface area contributed by atoms with Gasteiger partial charge in [0.05, 0.1) is 24.2 Å². The lowest BCUT2D eigenvalue weighted by Crippen LogP contribution is -2.38. The number of hydrogen-bond donors (Lipinski definition) is 1. The van der Waals surface area contributed by atoms with E-state index in [4.69, 9.17) is 10.5 Å². The van der Waals surface area contributed by atoms with E-state index in [0.29, 0.717) is 0 Å². The van der Waals surface area contributed by atoms with Crippen LogP contribution < -0.4 is 5.32 Å². The van der Waals surface area contributed by atoms with Crippen LogP contribution in [-0.4, -0.2) is 12.1 Å². The Morgan fingerprint density at radius 3 is 1.91 bits per heavy atom. The summed E-state index contributed by atoms with van der Waals surface area (Å²) in [5, 5.41) is 20.0. The Labute approximate surface area is 67.6 Å². The Hall–Kier alpha value is -1.06. The minimum absolute atomic E-state index is 0.218. The van der Waals surface area contributed by atoms with Crippen molar-refractivity contribution in [3.63, 3.8) is 0 Å². The van der Waals surface area contributed by atoms with Crippen molar-refractivity contribution < 1.29 is 0 Å². The topological polar surface area (TPSA) is 59.6 Å². The zero-order valence-electron chi connectivity index (χ0n) is 7.13. The summed E-state index contributed by atoms with van der Waals surface area (Å²) in [6.07, 6.45) is 0. The molecular weight excluding hydrogens is 138 g/mol. The molecule has 0 aliphatic rings. The first-order valence-corrected chi connectivity index (χ1v) is 3.67. The molecule has 0 saturated carbocycles. The summed E-state index contributed by atoms with van der Waals surface area (Å²) in [5.41, 5.74) is 0. The van der Waals surface area contributed by atoms with Crippen molar-refractivity contribution in [2.24, 2.45) is 5.92 Å². The lowest BCUT2D eigenvalue weighted by atomic mass is 10.1. The molecule has 0 amide bonds. The number of rotatable bonds is 3. The summed E-state index contributed by atoms with van der Waals surface area (Å²) in [6, 6.07) is 3.66. The van der Waals surface area contributed by atoms with Crippen molar-refractivity contribution in [3.05, 3.63) is 0 Å². The van der Waals surface area contributed by atoms with Gasteiger partial charge in [0.25, 0.3) is 0 Å². The second kappa shape index (κ2) is 4.71. The molecule has 11 heavy (non-hydrogen) atoms. The minimum Gasteiger partial charge on any atom is -0.287 e. The Bertz CT molecular complexity index is 184. The lowest BCUT2D eigenvalue weighted by Gasteiger charge is -2.15. The van der Waals surface area contributed by atoms with Crippen LogP contribution in [0.3, 0.4) is 0 Å². The van der Waals surface area contributed by atoms with E-state index in [2.05, 4.69) is 11.4 Å². The highest BCUT2D eigenvalue weighted by atomic mass is 14.9. The summed E-state index contributed by atoms with van der Waals surface area (Å²) >= 11 is 0. The van der Waals surface area contributed by atoms with Crippen LogP contribution >= 0.6 is 0 Å². The molecule has 2 unspecified atom stereocenters. The third kappa shape index (κ3) is 3.60. The van der Waals surface area contributed by atoms with E-state index in [-0.39, 0.29) is 18.0 Å². The summed E-state index contributed by atoms with van der Waals surface area (Å²) in [6.45, 7) is 5.64. The smallest absolute Gasteiger partial charge is 0.0985 e. The van der Waals surface area contributed by atoms with Crippen molar-refractivity contribution in [2.75, 3.05) is 0 Å². The van der Waals surface area contributed by atoms with Crippen molar-refractivity contribution >= 4 is 0 Å². The Morgan fingerprint density at radius 1 is 1.09 bits per heavy atom. The predicted molar refractivity (Wildman–Crippen MR) is 42.4 cm³/mol. The van der Waals surface area contributed by atoms with Gasteiger partial charge in [-0.1, -0.05) is 13.8 Å². The molecule has 0 rings (SSSR count).